The van der Waals surface area contributed by atoms with Crippen molar-refractivity contribution in [2.45, 2.75) is 50.0 Å². The Kier molecular flexibility index (Phi) is 7.82. The Balaban J connectivity index is 1.63. The molecule has 0 aromatic heterocycles. The number of hydrogen-bond acceptors (Lipinski definition) is 5. The first-order valence-electron chi connectivity index (χ1n) is 11.9. The number of rotatable bonds is 5. The SMILES string of the molecule is C=C[C@H](O)[C@@H]1CC[C@H]1CN1CCCCC2=C(C=CC(Cl)C2)COc2ccc(C(=O)OC)cc21. The van der Waals surface area contributed by atoms with Crippen molar-refractivity contribution in [3.05, 3.63) is 59.7 Å². The summed E-state index contributed by atoms with van der Waals surface area (Å²) in [6.07, 6.45) is 11.4. The Labute approximate surface area is 201 Å². The predicted octanol–water partition coefficient (Wildman–Crippen LogP) is 5.28. The number of esters is 1. The van der Waals surface area contributed by atoms with Gasteiger partial charge in [-0.3, -0.25) is 0 Å². The number of ether oxygens (including phenoxy) is 2. The summed E-state index contributed by atoms with van der Waals surface area (Å²) in [5.74, 6) is 1.01. The van der Waals surface area contributed by atoms with E-state index in [1.807, 2.05) is 18.2 Å². The largest absolute Gasteiger partial charge is 0.487 e. The number of aliphatic hydroxyl groups is 1. The quantitative estimate of drug-likeness (QED) is 0.359. The van der Waals surface area contributed by atoms with Gasteiger partial charge in [0.15, 0.2) is 0 Å². The van der Waals surface area contributed by atoms with Crippen molar-refractivity contribution in [2.24, 2.45) is 11.8 Å². The second-order valence-corrected chi connectivity index (χ2v) is 9.86. The Morgan fingerprint density at radius 3 is 2.97 bits per heavy atom. The van der Waals surface area contributed by atoms with Crippen molar-refractivity contribution < 1.29 is 19.4 Å². The van der Waals surface area contributed by atoms with Gasteiger partial charge in [-0.2, -0.15) is 0 Å². The standard InChI is InChI=1S/C27H34ClNO4/c1-3-25(30)23-11-8-20(23)16-29-13-5-4-6-18-14-22(28)10-7-21(18)17-33-26-12-9-19(15-24(26)29)27(31)32-2/h3,7,9-10,12,15,20,22-23,25,30H,1,4-6,8,11,13-14,16-17H2,2H3/t20-,22?,23+,25-/m0/s1. The number of carbonyl (C=O) groups excluding carboxylic acids is 1. The van der Waals surface area contributed by atoms with Crippen LogP contribution in [0.2, 0.25) is 0 Å². The Hall–Kier alpha value is -2.24. The number of methoxy groups -OCH3 is 1. The molecule has 6 heteroatoms. The number of allylic oxidation sites excluding steroid dienone is 2. The van der Waals surface area contributed by atoms with E-state index < -0.39 is 6.10 Å². The highest BCUT2D eigenvalue weighted by Crippen LogP contribution is 2.40. The summed E-state index contributed by atoms with van der Waals surface area (Å²) >= 11 is 6.39. The fourth-order valence-electron chi connectivity index (χ4n) is 5.15. The van der Waals surface area contributed by atoms with Crippen LogP contribution in [0.1, 0.15) is 48.9 Å². The van der Waals surface area contributed by atoms with Crippen LogP contribution >= 0.6 is 11.6 Å². The van der Waals surface area contributed by atoms with Gasteiger partial charge in [-0.25, -0.2) is 4.79 Å². The molecule has 3 aliphatic rings. The summed E-state index contributed by atoms with van der Waals surface area (Å²) in [5.41, 5.74) is 4.01. The molecule has 33 heavy (non-hydrogen) atoms. The first-order chi connectivity index (χ1) is 16.0. The summed E-state index contributed by atoms with van der Waals surface area (Å²) in [4.78, 5) is 14.6. The van der Waals surface area contributed by atoms with Crippen LogP contribution in [0, 0.1) is 11.8 Å². The monoisotopic (exact) mass is 471 g/mol. The lowest BCUT2D eigenvalue weighted by molar-refractivity contribution is 0.0465. The minimum Gasteiger partial charge on any atom is -0.487 e. The summed E-state index contributed by atoms with van der Waals surface area (Å²) < 4.78 is 11.3. The van der Waals surface area contributed by atoms with Crippen molar-refractivity contribution in [2.75, 3.05) is 31.7 Å². The zero-order valence-corrected chi connectivity index (χ0v) is 20.1. The van der Waals surface area contributed by atoms with Gasteiger partial charge in [-0.1, -0.05) is 23.8 Å². The Morgan fingerprint density at radius 1 is 1.39 bits per heavy atom. The van der Waals surface area contributed by atoms with Crippen molar-refractivity contribution in [1.29, 1.82) is 0 Å². The molecule has 0 bridgehead atoms. The normalized spacial score (nSPS) is 26.2. The number of halogens is 1. The van der Waals surface area contributed by atoms with Gasteiger partial charge in [-0.05, 0) is 74.1 Å². The van der Waals surface area contributed by atoms with Crippen molar-refractivity contribution >= 4 is 23.3 Å². The number of hydrogen-bond donors (Lipinski definition) is 1. The number of anilines is 1. The maximum absolute atomic E-state index is 12.3. The van der Waals surface area contributed by atoms with E-state index in [2.05, 4.69) is 17.6 Å². The molecule has 1 aromatic rings. The van der Waals surface area contributed by atoms with Crippen molar-refractivity contribution in [3.8, 4) is 5.75 Å². The third-order valence-corrected chi connectivity index (χ3v) is 7.57. The van der Waals surface area contributed by atoms with Gasteiger partial charge < -0.3 is 19.5 Å². The highest BCUT2D eigenvalue weighted by atomic mass is 35.5. The molecule has 0 saturated heterocycles. The molecule has 1 N–H and O–H groups in total. The molecule has 1 fully saturated rings. The minimum absolute atomic E-state index is 0.0483. The molecule has 4 atom stereocenters. The molecule has 0 spiro atoms. The van der Waals surface area contributed by atoms with E-state index in [1.165, 1.54) is 18.3 Å². The lowest BCUT2D eigenvalue weighted by Crippen LogP contribution is -2.43. The first-order valence-corrected chi connectivity index (χ1v) is 12.4. The van der Waals surface area contributed by atoms with E-state index in [9.17, 15) is 9.90 Å². The molecular formula is C27H34ClNO4. The lowest BCUT2D eigenvalue weighted by Gasteiger charge is -2.42. The van der Waals surface area contributed by atoms with Crippen LogP contribution in [0.15, 0.2) is 54.2 Å². The highest BCUT2D eigenvalue weighted by molar-refractivity contribution is 6.22. The molecule has 1 unspecified atom stereocenters. The van der Waals surface area contributed by atoms with Gasteiger partial charge in [0.25, 0.3) is 0 Å². The molecule has 5 nitrogen and oxygen atoms in total. The predicted molar refractivity (Wildman–Crippen MR) is 132 cm³/mol. The molecule has 1 saturated carbocycles. The fraction of sp³-hybridized carbons (Fsp3) is 0.519. The van der Waals surface area contributed by atoms with Gasteiger partial charge in [0.05, 0.1) is 29.8 Å². The van der Waals surface area contributed by atoms with Crippen LogP contribution in [-0.4, -0.2) is 49.4 Å². The van der Waals surface area contributed by atoms with E-state index in [1.54, 1.807) is 12.1 Å². The maximum atomic E-state index is 12.3. The van der Waals surface area contributed by atoms with Crippen LogP contribution in [0.3, 0.4) is 0 Å². The van der Waals surface area contributed by atoms with E-state index in [0.29, 0.717) is 18.1 Å². The lowest BCUT2D eigenvalue weighted by atomic mass is 9.70. The number of fused-ring (bicyclic) bond motifs is 1. The molecule has 4 rings (SSSR count). The smallest absolute Gasteiger partial charge is 0.337 e. The van der Waals surface area contributed by atoms with Crippen molar-refractivity contribution in [3.63, 3.8) is 0 Å². The summed E-state index contributed by atoms with van der Waals surface area (Å²) in [6.45, 7) is 5.92. The van der Waals surface area contributed by atoms with Crippen LogP contribution in [0.5, 0.6) is 5.75 Å². The molecular weight excluding hydrogens is 438 g/mol. The van der Waals surface area contributed by atoms with Crippen LogP contribution in [-0.2, 0) is 4.74 Å². The summed E-state index contributed by atoms with van der Waals surface area (Å²) in [7, 11) is 1.40. The van der Waals surface area contributed by atoms with E-state index in [0.717, 1.165) is 63.1 Å². The summed E-state index contributed by atoms with van der Waals surface area (Å²) in [5, 5.41) is 10.4. The van der Waals surface area contributed by atoms with Crippen LogP contribution < -0.4 is 9.64 Å². The van der Waals surface area contributed by atoms with Gasteiger partial charge in [-0.15, -0.1) is 18.2 Å². The minimum atomic E-state index is -0.476. The first kappa shape index (κ1) is 23.9. The Bertz CT molecular complexity index is 940. The number of benzene rings is 1. The molecule has 1 aromatic carbocycles. The average molecular weight is 472 g/mol. The molecule has 178 valence electrons. The fourth-order valence-corrected chi connectivity index (χ4v) is 5.41. The average Bonchev–Trinajstić information content (AvgIpc) is 2.84. The van der Waals surface area contributed by atoms with E-state index >= 15 is 0 Å². The highest BCUT2D eigenvalue weighted by Gasteiger charge is 2.36. The second kappa shape index (κ2) is 10.8. The van der Waals surface area contributed by atoms with Gasteiger partial charge in [0.1, 0.15) is 12.4 Å². The van der Waals surface area contributed by atoms with Crippen LogP contribution in [0.4, 0.5) is 5.69 Å². The van der Waals surface area contributed by atoms with E-state index in [-0.39, 0.29) is 17.3 Å². The molecule has 0 amide bonds. The molecule has 0 radical (unpaired) electrons. The van der Waals surface area contributed by atoms with Crippen molar-refractivity contribution in [1.82, 2.24) is 0 Å². The third-order valence-electron chi connectivity index (χ3n) is 7.27. The number of nitrogens with zero attached hydrogens (tertiary/aromatic N) is 1. The molecule has 2 aliphatic carbocycles. The second-order valence-electron chi connectivity index (χ2n) is 9.30. The van der Waals surface area contributed by atoms with Gasteiger partial charge in [0.2, 0.25) is 0 Å². The zero-order chi connectivity index (χ0) is 23.4. The van der Waals surface area contributed by atoms with E-state index in [4.69, 9.17) is 21.1 Å². The topological polar surface area (TPSA) is 59.0 Å². The molecule has 1 aliphatic heterocycles. The number of carbonyl (C=O) groups is 1. The zero-order valence-electron chi connectivity index (χ0n) is 19.3. The Morgan fingerprint density at radius 2 is 2.24 bits per heavy atom. The maximum Gasteiger partial charge on any atom is 0.337 e. The van der Waals surface area contributed by atoms with Gasteiger partial charge in [0, 0.05) is 13.1 Å². The number of alkyl halides is 1. The summed E-state index contributed by atoms with van der Waals surface area (Å²) in [6, 6.07) is 5.52. The third kappa shape index (κ3) is 5.47. The van der Waals surface area contributed by atoms with Gasteiger partial charge >= 0.3 is 5.97 Å². The van der Waals surface area contributed by atoms with Crippen LogP contribution in [0.25, 0.3) is 0 Å². The number of aliphatic hydroxyl groups excluding tert-OH is 1. The molecule has 1 heterocycles.